The number of nitrogens with zero attached hydrogens (tertiary/aromatic N) is 2. The zero-order valence-electron chi connectivity index (χ0n) is 32.5. The third-order valence-electron chi connectivity index (χ3n) is 11.1. The van der Waals surface area contributed by atoms with E-state index in [1.807, 2.05) is 36.4 Å². The smallest absolute Gasteiger partial charge is 0.309 e. The monoisotopic (exact) mass is 728 g/mol. The Hall–Kier alpha value is -6.01. The van der Waals surface area contributed by atoms with Crippen LogP contribution < -0.4 is 10.2 Å². The summed E-state index contributed by atoms with van der Waals surface area (Å²) < 4.78 is 2.17. The Morgan fingerprint density at radius 3 is 2.15 bits per heavy atom. The molecule has 2 heterocycles. The Kier molecular flexibility index (Phi) is 10.4. The zero-order chi connectivity index (χ0) is 38.7. The lowest BCUT2D eigenvalue weighted by molar-refractivity contribution is -0.436. The molecule has 0 saturated carbocycles. The number of carbonyl (C=O) groups excluding carboxylic acids is 1. The number of hydrogen-bond donors (Lipinski definition) is 2. The van der Waals surface area contributed by atoms with Crippen LogP contribution in [0.4, 0.5) is 11.4 Å². The topological polar surface area (TPSA) is 72.7 Å². The van der Waals surface area contributed by atoms with Crippen LogP contribution in [0.1, 0.15) is 62.8 Å². The number of carbonyl (C=O) groups is 2. The molecular formula is C49H50N3O3+. The zero-order valence-corrected chi connectivity index (χ0v) is 32.5. The molecule has 0 unspecified atom stereocenters. The fourth-order valence-electron chi connectivity index (χ4n) is 8.57. The number of benzene rings is 5. The van der Waals surface area contributed by atoms with Gasteiger partial charge in [-0.05, 0) is 71.7 Å². The Morgan fingerprint density at radius 1 is 0.745 bits per heavy atom. The standard InChI is InChI=1S/C49H49N3O3/c1-34-16-15-17-35(32-34)33-50-44(53)28-30-51-40-26-24-36-18-11-13-20-38(36)46(40)48(2,3)42(51)22-9-7-6-8-10-23-43-49(4,5)47-39-21-14-12-19-37(39)25-27-41(47)52(43)31-29-45(54)55/h6-27,32H,28-31,33H2,1-5H3,(H-,50,53,54,55)/p+1. The summed E-state index contributed by atoms with van der Waals surface area (Å²) in [5.41, 5.74) is 8.63. The van der Waals surface area contributed by atoms with Crippen molar-refractivity contribution < 1.29 is 19.3 Å². The first-order valence-corrected chi connectivity index (χ1v) is 19.2. The number of carboxylic acids is 1. The minimum Gasteiger partial charge on any atom is -0.481 e. The average Bonchev–Trinajstić information content (AvgIpc) is 3.53. The van der Waals surface area contributed by atoms with Crippen LogP contribution in [-0.2, 0) is 27.0 Å². The summed E-state index contributed by atoms with van der Waals surface area (Å²) in [6.07, 6.45) is 14.9. The molecule has 0 radical (unpaired) electrons. The molecule has 0 atom stereocenters. The van der Waals surface area contributed by atoms with Gasteiger partial charge < -0.3 is 15.3 Å². The maximum absolute atomic E-state index is 13.1. The first-order valence-electron chi connectivity index (χ1n) is 19.2. The van der Waals surface area contributed by atoms with E-state index in [0.29, 0.717) is 26.1 Å². The van der Waals surface area contributed by atoms with Gasteiger partial charge in [0.05, 0.1) is 5.41 Å². The summed E-state index contributed by atoms with van der Waals surface area (Å²) in [6.45, 7) is 12.5. The number of fused-ring (bicyclic) bond motifs is 6. The second kappa shape index (κ2) is 15.4. The van der Waals surface area contributed by atoms with Gasteiger partial charge in [0, 0.05) is 54.0 Å². The van der Waals surface area contributed by atoms with Gasteiger partial charge in [0.1, 0.15) is 6.42 Å². The first kappa shape index (κ1) is 37.3. The number of anilines is 1. The van der Waals surface area contributed by atoms with Crippen LogP contribution in [0.15, 0.2) is 145 Å². The van der Waals surface area contributed by atoms with Crippen molar-refractivity contribution in [1.29, 1.82) is 0 Å². The van der Waals surface area contributed by atoms with Gasteiger partial charge in [-0.2, -0.15) is 4.58 Å². The molecule has 2 aliphatic heterocycles. The van der Waals surface area contributed by atoms with Crippen LogP contribution in [0, 0.1) is 6.92 Å². The van der Waals surface area contributed by atoms with E-state index in [4.69, 9.17) is 0 Å². The molecule has 0 aromatic heterocycles. The van der Waals surface area contributed by atoms with E-state index in [0.717, 1.165) is 28.3 Å². The van der Waals surface area contributed by atoms with E-state index >= 15 is 0 Å². The molecule has 0 fully saturated rings. The molecule has 6 heteroatoms. The highest BCUT2D eigenvalue weighted by Gasteiger charge is 2.45. The Balaban J connectivity index is 1.12. The number of rotatable bonds is 12. The molecule has 1 amide bonds. The summed E-state index contributed by atoms with van der Waals surface area (Å²) in [4.78, 5) is 27.1. The largest absolute Gasteiger partial charge is 0.481 e. The second-order valence-electron chi connectivity index (χ2n) is 15.6. The van der Waals surface area contributed by atoms with Gasteiger partial charge >= 0.3 is 5.97 Å². The highest BCUT2D eigenvalue weighted by molar-refractivity contribution is 6.07. The highest BCUT2D eigenvalue weighted by atomic mass is 16.4. The van der Waals surface area contributed by atoms with Crippen molar-refractivity contribution in [1.82, 2.24) is 5.32 Å². The summed E-state index contributed by atoms with van der Waals surface area (Å²) >= 11 is 0. The summed E-state index contributed by atoms with van der Waals surface area (Å²) in [5, 5.41) is 17.5. The predicted octanol–water partition coefficient (Wildman–Crippen LogP) is 10.2. The minimum atomic E-state index is -0.809. The Labute approximate surface area is 324 Å². The molecule has 55 heavy (non-hydrogen) atoms. The van der Waals surface area contributed by atoms with E-state index in [1.54, 1.807) is 0 Å². The van der Waals surface area contributed by atoms with Gasteiger partial charge in [0.15, 0.2) is 12.3 Å². The molecule has 7 rings (SSSR count). The molecule has 0 bridgehead atoms. The molecule has 2 N–H and O–H groups in total. The molecule has 0 spiro atoms. The van der Waals surface area contributed by atoms with Gasteiger partial charge in [-0.15, -0.1) is 0 Å². The fourth-order valence-corrected chi connectivity index (χ4v) is 8.57. The normalized spacial score (nSPS) is 16.7. The van der Waals surface area contributed by atoms with E-state index in [-0.39, 0.29) is 23.2 Å². The van der Waals surface area contributed by atoms with Crippen LogP contribution >= 0.6 is 0 Å². The van der Waals surface area contributed by atoms with Crippen molar-refractivity contribution in [2.24, 2.45) is 0 Å². The first-order chi connectivity index (χ1) is 26.5. The van der Waals surface area contributed by atoms with Gasteiger partial charge in [-0.3, -0.25) is 9.59 Å². The van der Waals surface area contributed by atoms with E-state index in [2.05, 4.69) is 153 Å². The second-order valence-corrected chi connectivity index (χ2v) is 15.6. The summed E-state index contributed by atoms with van der Waals surface area (Å²) in [7, 11) is 0. The number of aliphatic carboxylic acids is 1. The van der Waals surface area contributed by atoms with E-state index in [1.165, 1.54) is 38.2 Å². The predicted molar refractivity (Wildman–Crippen MR) is 226 cm³/mol. The molecule has 6 nitrogen and oxygen atoms in total. The number of hydrogen-bond acceptors (Lipinski definition) is 3. The highest BCUT2D eigenvalue weighted by Crippen LogP contribution is 2.51. The van der Waals surface area contributed by atoms with Crippen LogP contribution in [-0.4, -0.2) is 40.4 Å². The lowest BCUT2D eigenvalue weighted by Gasteiger charge is -2.27. The summed E-state index contributed by atoms with van der Waals surface area (Å²) in [6, 6.07) is 33.8. The molecule has 278 valence electrons. The van der Waals surface area contributed by atoms with Gasteiger partial charge in [0.2, 0.25) is 11.6 Å². The quantitative estimate of drug-likeness (QED) is 0.0991. The van der Waals surface area contributed by atoms with Crippen LogP contribution in [0.5, 0.6) is 0 Å². The van der Waals surface area contributed by atoms with Crippen molar-refractivity contribution in [3.05, 3.63) is 168 Å². The van der Waals surface area contributed by atoms with Gasteiger partial charge in [-0.25, -0.2) is 0 Å². The minimum absolute atomic E-state index is 0.0271. The number of carboxylic acid groups (broad SMARTS) is 1. The maximum atomic E-state index is 13.1. The van der Waals surface area contributed by atoms with Crippen molar-refractivity contribution in [3.63, 3.8) is 0 Å². The number of nitrogens with one attached hydrogen (secondary N) is 1. The molecule has 5 aromatic carbocycles. The SMILES string of the molecule is Cc1cccc(CNC(=O)CCN2C(=CC=CC=CC=CC3=[N+](CCC(=O)O)c4ccc5ccccc5c4C3(C)C)C(C)(C)c3c2ccc2ccccc32)c1. The number of allylic oxidation sites excluding steroid dienone is 8. The maximum Gasteiger partial charge on any atom is 0.309 e. The van der Waals surface area contributed by atoms with Crippen molar-refractivity contribution in [2.75, 3.05) is 18.0 Å². The van der Waals surface area contributed by atoms with E-state index in [9.17, 15) is 14.7 Å². The van der Waals surface area contributed by atoms with Crippen molar-refractivity contribution in [3.8, 4) is 0 Å². The third kappa shape index (κ3) is 7.42. The third-order valence-corrected chi connectivity index (χ3v) is 11.1. The Morgan fingerprint density at radius 2 is 1.42 bits per heavy atom. The lowest BCUT2D eigenvalue weighted by atomic mass is 9.79. The van der Waals surface area contributed by atoms with Gasteiger partial charge in [-0.1, -0.05) is 129 Å². The molecular weight excluding hydrogens is 679 g/mol. The Bertz CT molecular complexity index is 2460. The lowest BCUT2D eigenvalue weighted by Crippen LogP contribution is -2.31. The van der Waals surface area contributed by atoms with E-state index < -0.39 is 5.97 Å². The van der Waals surface area contributed by atoms with Crippen LogP contribution in [0.3, 0.4) is 0 Å². The fraction of sp³-hybridized carbons (Fsp3) is 0.245. The molecule has 0 saturated heterocycles. The number of aryl methyl sites for hydroxylation is 1. The molecule has 5 aromatic rings. The average molecular weight is 729 g/mol. The van der Waals surface area contributed by atoms with Crippen molar-refractivity contribution >= 4 is 50.5 Å². The van der Waals surface area contributed by atoms with Crippen LogP contribution in [0.25, 0.3) is 21.5 Å². The van der Waals surface area contributed by atoms with Crippen LogP contribution in [0.2, 0.25) is 0 Å². The van der Waals surface area contributed by atoms with Crippen molar-refractivity contribution in [2.45, 2.75) is 64.8 Å². The summed E-state index contributed by atoms with van der Waals surface area (Å²) in [5.74, 6) is -0.782. The molecule has 2 aliphatic rings. The molecule has 0 aliphatic carbocycles. The van der Waals surface area contributed by atoms with Gasteiger partial charge in [0.25, 0.3) is 0 Å². The number of amides is 1.